The van der Waals surface area contributed by atoms with E-state index in [4.69, 9.17) is 10.5 Å². The number of hydrogen-bond acceptors (Lipinski definition) is 3. The molecule has 0 saturated heterocycles. The van der Waals surface area contributed by atoms with Crippen molar-refractivity contribution in [2.45, 2.75) is 25.9 Å². The fraction of sp³-hybridized carbons (Fsp3) is 1.00. The van der Waals surface area contributed by atoms with E-state index in [1.54, 1.807) is 7.11 Å². The zero-order chi connectivity index (χ0) is 9.40. The molecular formula is C9H22N2O. The van der Waals surface area contributed by atoms with Crippen molar-refractivity contribution in [2.24, 2.45) is 5.73 Å². The maximum Gasteiger partial charge on any atom is 0.0543 e. The van der Waals surface area contributed by atoms with E-state index in [9.17, 15) is 0 Å². The van der Waals surface area contributed by atoms with Gasteiger partial charge in [-0.25, -0.2) is 0 Å². The van der Waals surface area contributed by atoms with Crippen molar-refractivity contribution in [1.29, 1.82) is 0 Å². The number of likely N-dealkylation sites (N-methyl/N-ethyl adjacent to an activating group) is 1. The van der Waals surface area contributed by atoms with Crippen LogP contribution in [0, 0.1) is 0 Å². The molecule has 2 N–H and O–H groups in total. The highest BCUT2D eigenvalue weighted by atomic mass is 16.5. The third-order valence-corrected chi connectivity index (χ3v) is 2.06. The molecule has 3 heteroatoms. The molecular weight excluding hydrogens is 152 g/mol. The quantitative estimate of drug-likeness (QED) is 0.617. The summed E-state index contributed by atoms with van der Waals surface area (Å²) >= 11 is 0. The Labute approximate surface area is 75.9 Å². The number of methoxy groups -OCH3 is 1. The monoisotopic (exact) mass is 174 g/mol. The van der Waals surface area contributed by atoms with Crippen LogP contribution in [0.2, 0.25) is 0 Å². The molecule has 12 heavy (non-hydrogen) atoms. The van der Waals surface area contributed by atoms with E-state index in [0.29, 0.717) is 6.10 Å². The summed E-state index contributed by atoms with van der Waals surface area (Å²) in [5, 5.41) is 0. The Hall–Kier alpha value is -0.120. The molecule has 0 aromatic carbocycles. The lowest BCUT2D eigenvalue weighted by atomic mass is 10.2. The normalized spacial score (nSPS) is 13.8. The first-order valence-corrected chi connectivity index (χ1v) is 4.62. The number of hydrogen-bond donors (Lipinski definition) is 1. The van der Waals surface area contributed by atoms with Gasteiger partial charge >= 0.3 is 0 Å². The highest BCUT2D eigenvalue weighted by Crippen LogP contribution is 2.00. The van der Waals surface area contributed by atoms with Gasteiger partial charge in [0.1, 0.15) is 0 Å². The lowest BCUT2D eigenvalue weighted by Crippen LogP contribution is -2.26. The Morgan fingerprint density at radius 2 is 2.08 bits per heavy atom. The summed E-state index contributed by atoms with van der Waals surface area (Å²) in [4.78, 5) is 2.25. The number of nitrogens with zero attached hydrogens (tertiary/aromatic N) is 1. The van der Waals surface area contributed by atoms with E-state index in [2.05, 4.69) is 18.9 Å². The smallest absolute Gasteiger partial charge is 0.0543 e. The van der Waals surface area contributed by atoms with Crippen LogP contribution in [-0.2, 0) is 4.74 Å². The second-order valence-corrected chi connectivity index (χ2v) is 3.28. The van der Waals surface area contributed by atoms with E-state index >= 15 is 0 Å². The predicted molar refractivity (Wildman–Crippen MR) is 52.3 cm³/mol. The Morgan fingerprint density at radius 1 is 1.42 bits per heavy atom. The molecule has 0 aliphatic rings. The molecule has 0 aliphatic carbocycles. The van der Waals surface area contributed by atoms with Crippen molar-refractivity contribution in [3.63, 3.8) is 0 Å². The van der Waals surface area contributed by atoms with Crippen LogP contribution in [0.5, 0.6) is 0 Å². The largest absolute Gasteiger partial charge is 0.382 e. The van der Waals surface area contributed by atoms with Gasteiger partial charge in [0.25, 0.3) is 0 Å². The highest BCUT2D eigenvalue weighted by molar-refractivity contribution is 4.55. The van der Waals surface area contributed by atoms with Crippen LogP contribution in [0.25, 0.3) is 0 Å². The molecule has 0 aromatic rings. The van der Waals surface area contributed by atoms with Gasteiger partial charge in [0.2, 0.25) is 0 Å². The third-order valence-electron chi connectivity index (χ3n) is 2.06. The molecule has 0 fully saturated rings. The maximum absolute atomic E-state index is 5.42. The van der Waals surface area contributed by atoms with Crippen molar-refractivity contribution in [2.75, 3.05) is 33.8 Å². The van der Waals surface area contributed by atoms with Crippen molar-refractivity contribution >= 4 is 0 Å². The predicted octanol–water partition coefficient (Wildman–Crippen LogP) is 0.692. The summed E-state index contributed by atoms with van der Waals surface area (Å²) in [5.74, 6) is 0. The molecule has 3 nitrogen and oxygen atoms in total. The van der Waals surface area contributed by atoms with Crippen molar-refractivity contribution < 1.29 is 4.74 Å². The molecule has 1 atom stereocenters. The summed E-state index contributed by atoms with van der Waals surface area (Å²) in [6.07, 6.45) is 2.70. The number of nitrogens with two attached hydrogens (primary N) is 1. The average Bonchev–Trinajstić information content (AvgIpc) is 2.04. The average molecular weight is 174 g/mol. The van der Waals surface area contributed by atoms with Crippen molar-refractivity contribution in [3.05, 3.63) is 0 Å². The summed E-state index contributed by atoms with van der Waals surface area (Å²) in [5.41, 5.74) is 5.42. The minimum atomic E-state index is 0.385. The van der Waals surface area contributed by atoms with Crippen LogP contribution in [-0.4, -0.2) is 44.8 Å². The van der Waals surface area contributed by atoms with Crippen LogP contribution in [0.15, 0.2) is 0 Å². The minimum absolute atomic E-state index is 0.385. The third kappa shape index (κ3) is 6.58. The van der Waals surface area contributed by atoms with Gasteiger partial charge in [-0.15, -0.1) is 0 Å². The SMILES string of the molecule is COC(C)CCCN(C)CCN. The topological polar surface area (TPSA) is 38.5 Å². The summed E-state index contributed by atoms with van der Waals surface area (Å²) < 4.78 is 5.15. The van der Waals surface area contributed by atoms with Gasteiger partial charge in [0.05, 0.1) is 6.10 Å². The Kier molecular flexibility index (Phi) is 7.45. The first-order chi connectivity index (χ1) is 5.70. The Bertz CT molecular complexity index is 98.5. The van der Waals surface area contributed by atoms with Gasteiger partial charge in [-0.3, -0.25) is 0 Å². The van der Waals surface area contributed by atoms with Gasteiger partial charge in [0.15, 0.2) is 0 Å². The molecule has 0 bridgehead atoms. The van der Waals surface area contributed by atoms with Gasteiger partial charge in [-0.05, 0) is 33.4 Å². The van der Waals surface area contributed by atoms with Crippen LogP contribution >= 0.6 is 0 Å². The first-order valence-electron chi connectivity index (χ1n) is 4.62. The van der Waals surface area contributed by atoms with Gasteiger partial charge in [-0.1, -0.05) is 0 Å². The van der Waals surface area contributed by atoms with Crippen LogP contribution in [0.4, 0.5) is 0 Å². The van der Waals surface area contributed by atoms with Crippen LogP contribution in [0.3, 0.4) is 0 Å². The molecule has 0 radical (unpaired) electrons. The van der Waals surface area contributed by atoms with E-state index in [1.807, 2.05) is 0 Å². The maximum atomic E-state index is 5.42. The fourth-order valence-electron chi connectivity index (χ4n) is 1.10. The van der Waals surface area contributed by atoms with Crippen LogP contribution in [0.1, 0.15) is 19.8 Å². The molecule has 0 heterocycles. The van der Waals surface area contributed by atoms with E-state index in [0.717, 1.165) is 26.1 Å². The van der Waals surface area contributed by atoms with E-state index < -0.39 is 0 Å². The Balaban J connectivity index is 3.18. The summed E-state index contributed by atoms with van der Waals surface area (Å²) in [6, 6.07) is 0. The zero-order valence-electron chi connectivity index (χ0n) is 8.55. The highest BCUT2D eigenvalue weighted by Gasteiger charge is 2.00. The lowest BCUT2D eigenvalue weighted by molar-refractivity contribution is 0.106. The minimum Gasteiger partial charge on any atom is -0.382 e. The summed E-state index contributed by atoms with van der Waals surface area (Å²) in [6.45, 7) is 4.95. The van der Waals surface area contributed by atoms with Gasteiger partial charge < -0.3 is 15.4 Å². The number of rotatable bonds is 7. The fourth-order valence-corrected chi connectivity index (χ4v) is 1.10. The molecule has 0 aromatic heterocycles. The summed E-state index contributed by atoms with van der Waals surface area (Å²) in [7, 11) is 3.86. The standard InChI is InChI=1S/C9H22N2O/c1-9(12-3)5-4-7-11(2)8-6-10/h9H,4-8,10H2,1-3H3. The number of ether oxygens (including phenoxy) is 1. The van der Waals surface area contributed by atoms with Crippen LogP contribution < -0.4 is 5.73 Å². The van der Waals surface area contributed by atoms with Gasteiger partial charge in [-0.2, -0.15) is 0 Å². The van der Waals surface area contributed by atoms with Gasteiger partial charge in [0, 0.05) is 20.2 Å². The van der Waals surface area contributed by atoms with Crippen molar-refractivity contribution in [3.8, 4) is 0 Å². The van der Waals surface area contributed by atoms with E-state index in [-0.39, 0.29) is 0 Å². The molecule has 0 spiro atoms. The molecule has 0 saturated carbocycles. The first kappa shape index (κ1) is 11.9. The van der Waals surface area contributed by atoms with E-state index in [1.165, 1.54) is 6.42 Å². The molecule has 0 rings (SSSR count). The molecule has 74 valence electrons. The Morgan fingerprint density at radius 3 is 2.58 bits per heavy atom. The molecule has 0 aliphatic heterocycles. The van der Waals surface area contributed by atoms with Crippen molar-refractivity contribution in [1.82, 2.24) is 4.90 Å². The molecule has 1 unspecified atom stereocenters. The molecule has 0 amide bonds. The second-order valence-electron chi connectivity index (χ2n) is 3.28. The lowest BCUT2D eigenvalue weighted by Gasteiger charge is -2.16. The zero-order valence-corrected chi connectivity index (χ0v) is 8.55. The second kappa shape index (κ2) is 7.53.